The van der Waals surface area contributed by atoms with Crippen LogP contribution in [0.5, 0.6) is 0 Å². The smallest absolute Gasteiger partial charge is 0.240 e. The molecule has 1 fully saturated rings. The standard InChI is InChI=1S/C15H28N2O3.C13H16N2S/c1-6-10(2)16-13(15(3,4)5)14(20)17-8-12(19)7-11(17)9-18;1-9(14-3)11-4-6-12(7-5-11)13-10(2)15-8-16-13/h9-13,16,19H,6-8H2,1-5H3;4-9,14H,1-3H3. The third-order valence-electron chi connectivity index (χ3n) is 6.79. The number of hydrogen-bond donors (Lipinski definition) is 3. The van der Waals surface area contributed by atoms with Crippen LogP contribution in [0.4, 0.5) is 0 Å². The number of β-amino-alcohol motifs (C(OH)–C–C–N with tert-alkyl or cyclic N) is 1. The van der Waals surface area contributed by atoms with E-state index in [0.717, 1.165) is 18.4 Å². The van der Waals surface area contributed by atoms with E-state index in [1.165, 1.54) is 20.9 Å². The zero-order valence-corrected chi connectivity index (χ0v) is 23.9. The van der Waals surface area contributed by atoms with Gasteiger partial charge in [-0.3, -0.25) is 4.79 Å². The van der Waals surface area contributed by atoms with E-state index < -0.39 is 12.1 Å². The third-order valence-corrected chi connectivity index (χ3v) is 7.77. The summed E-state index contributed by atoms with van der Waals surface area (Å²) in [7, 11) is 1.98. The summed E-state index contributed by atoms with van der Waals surface area (Å²) in [6.07, 6.45) is 1.44. The fourth-order valence-electron chi connectivity index (χ4n) is 4.15. The lowest BCUT2D eigenvalue weighted by atomic mass is 9.85. The number of thiazole rings is 1. The Kier molecular flexibility index (Phi) is 11.2. The van der Waals surface area contributed by atoms with Crippen molar-refractivity contribution in [3.05, 3.63) is 41.0 Å². The first-order valence-corrected chi connectivity index (χ1v) is 13.7. The molecule has 8 heteroatoms. The van der Waals surface area contributed by atoms with Crippen LogP contribution in [0, 0.1) is 12.3 Å². The van der Waals surface area contributed by atoms with Crippen molar-refractivity contribution in [2.24, 2.45) is 5.41 Å². The monoisotopic (exact) mass is 516 g/mol. The number of aliphatic hydroxyl groups excluding tert-OH is 1. The summed E-state index contributed by atoms with van der Waals surface area (Å²) in [4.78, 5) is 30.9. The lowest BCUT2D eigenvalue weighted by Crippen LogP contribution is -2.56. The molecule has 5 atom stereocenters. The summed E-state index contributed by atoms with van der Waals surface area (Å²) in [6, 6.07) is 8.46. The van der Waals surface area contributed by atoms with Crippen LogP contribution in [0.25, 0.3) is 10.4 Å². The molecule has 5 unspecified atom stereocenters. The molecule has 0 spiro atoms. The maximum absolute atomic E-state index is 12.8. The van der Waals surface area contributed by atoms with Gasteiger partial charge in [-0.15, -0.1) is 11.3 Å². The number of carbonyl (C=O) groups is 2. The minimum absolute atomic E-state index is 0.0912. The molecule has 0 radical (unpaired) electrons. The molecular weight excluding hydrogens is 472 g/mol. The summed E-state index contributed by atoms with van der Waals surface area (Å²) < 4.78 is 0. The summed E-state index contributed by atoms with van der Waals surface area (Å²) in [5, 5.41) is 16.3. The van der Waals surface area contributed by atoms with E-state index in [2.05, 4.69) is 60.7 Å². The van der Waals surface area contributed by atoms with Crippen LogP contribution in [0.15, 0.2) is 29.8 Å². The van der Waals surface area contributed by atoms with Crippen molar-refractivity contribution in [2.45, 2.75) is 91.6 Å². The second kappa shape index (κ2) is 13.4. The molecule has 1 aromatic heterocycles. The Morgan fingerprint density at radius 3 is 2.39 bits per heavy atom. The van der Waals surface area contributed by atoms with Crippen LogP contribution in [-0.4, -0.2) is 65.0 Å². The highest BCUT2D eigenvalue weighted by Crippen LogP contribution is 2.28. The van der Waals surface area contributed by atoms with Gasteiger partial charge in [0.15, 0.2) is 0 Å². The fraction of sp³-hybridized carbons (Fsp3) is 0.607. The van der Waals surface area contributed by atoms with E-state index >= 15 is 0 Å². The van der Waals surface area contributed by atoms with Gasteiger partial charge < -0.3 is 25.4 Å². The molecule has 1 saturated heterocycles. The maximum Gasteiger partial charge on any atom is 0.240 e. The normalized spacial score (nSPS) is 20.3. The molecule has 1 amide bonds. The number of rotatable bonds is 8. The number of nitrogens with one attached hydrogen (secondary N) is 2. The van der Waals surface area contributed by atoms with E-state index in [1.54, 1.807) is 11.3 Å². The van der Waals surface area contributed by atoms with Crippen molar-refractivity contribution < 1.29 is 14.7 Å². The SMILES string of the molecule is CCC(C)NC(C(=O)N1CC(O)CC1C=O)C(C)(C)C.CNC(C)c1ccc(-c2scnc2C)cc1. The Morgan fingerprint density at radius 1 is 1.28 bits per heavy atom. The van der Waals surface area contributed by atoms with Gasteiger partial charge in [-0.25, -0.2) is 4.98 Å². The maximum atomic E-state index is 12.8. The Hall–Kier alpha value is -2.13. The van der Waals surface area contributed by atoms with Crippen molar-refractivity contribution in [1.29, 1.82) is 0 Å². The number of aliphatic hydroxyl groups is 1. The highest BCUT2D eigenvalue weighted by atomic mass is 32.1. The van der Waals surface area contributed by atoms with Gasteiger partial charge in [0.25, 0.3) is 0 Å². The van der Waals surface area contributed by atoms with Crippen molar-refractivity contribution in [1.82, 2.24) is 20.5 Å². The number of hydrogen-bond acceptors (Lipinski definition) is 7. The lowest BCUT2D eigenvalue weighted by molar-refractivity contribution is -0.139. The molecule has 1 aliphatic heterocycles. The molecule has 200 valence electrons. The number of aryl methyl sites for hydroxylation is 1. The molecule has 1 aromatic carbocycles. The molecule has 3 N–H and O–H groups in total. The molecule has 0 saturated carbocycles. The average molecular weight is 517 g/mol. The highest BCUT2D eigenvalue weighted by molar-refractivity contribution is 7.13. The first-order chi connectivity index (χ1) is 16.9. The van der Waals surface area contributed by atoms with Gasteiger partial charge in [0.2, 0.25) is 5.91 Å². The van der Waals surface area contributed by atoms with Gasteiger partial charge in [0.1, 0.15) is 6.29 Å². The van der Waals surface area contributed by atoms with E-state index in [4.69, 9.17) is 0 Å². The zero-order valence-electron chi connectivity index (χ0n) is 23.0. The molecule has 2 heterocycles. The number of nitrogens with zero attached hydrogens (tertiary/aromatic N) is 2. The second-order valence-electron chi connectivity index (χ2n) is 10.8. The van der Waals surface area contributed by atoms with Gasteiger partial charge in [0.05, 0.1) is 34.3 Å². The van der Waals surface area contributed by atoms with Gasteiger partial charge in [0, 0.05) is 25.0 Å². The predicted molar refractivity (Wildman–Crippen MR) is 148 cm³/mol. The minimum atomic E-state index is -0.599. The van der Waals surface area contributed by atoms with Crippen LogP contribution >= 0.6 is 11.3 Å². The van der Waals surface area contributed by atoms with Crippen molar-refractivity contribution in [2.75, 3.05) is 13.6 Å². The summed E-state index contributed by atoms with van der Waals surface area (Å²) in [5.74, 6) is -0.0912. The third kappa shape index (κ3) is 7.93. The number of aldehydes is 1. The van der Waals surface area contributed by atoms with E-state index in [9.17, 15) is 14.7 Å². The fourth-order valence-corrected chi connectivity index (χ4v) is 4.97. The molecule has 7 nitrogen and oxygen atoms in total. The topological polar surface area (TPSA) is 94.6 Å². The number of carbonyl (C=O) groups excluding carboxylic acids is 2. The predicted octanol–water partition coefficient (Wildman–Crippen LogP) is 4.35. The summed E-state index contributed by atoms with van der Waals surface area (Å²) in [6.45, 7) is 14.6. The van der Waals surface area contributed by atoms with Crippen LogP contribution in [0.3, 0.4) is 0 Å². The number of aromatic nitrogens is 1. The quantitative estimate of drug-likeness (QED) is 0.452. The Bertz CT molecular complexity index is 970. The summed E-state index contributed by atoms with van der Waals surface area (Å²) in [5.41, 5.74) is 5.33. The van der Waals surface area contributed by atoms with Crippen molar-refractivity contribution in [3.63, 3.8) is 0 Å². The van der Waals surface area contributed by atoms with E-state index in [0.29, 0.717) is 12.5 Å². The lowest BCUT2D eigenvalue weighted by Gasteiger charge is -2.36. The van der Waals surface area contributed by atoms with Crippen LogP contribution in [0.1, 0.15) is 71.7 Å². The van der Waals surface area contributed by atoms with Gasteiger partial charge in [-0.2, -0.15) is 0 Å². The van der Waals surface area contributed by atoms with Crippen LogP contribution < -0.4 is 10.6 Å². The van der Waals surface area contributed by atoms with Gasteiger partial charge in [-0.05, 0) is 50.8 Å². The summed E-state index contributed by atoms with van der Waals surface area (Å²) >= 11 is 1.70. The minimum Gasteiger partial charge on any atom is -0.391 e. The number of benzene rings is 1. The Balaban J connectivity index is 0.000000259. The largest absolute Gasteiger partial charge is 0.391 e. The molecule has 0 bridgehead atoms. The Morgan fingerprint density at radius 2 is 1.92 bits per heavy atom. The molecule has 0 aliphatic carbocycles. The van der Waals surface area contributed by atoms with Crippen LogP contribution in [0.2, 0.25) is 0 Å². The molecule has 2 aromatic rings. The Labute approximate surface area is 220 Å². The molecular formula is C28H44N4O3S. The van der Waals surface area contributed by atoms with Crippen molar-refractivity contribution >= 4 is 23.5 Å². The average Bonchev–Trinajstić information content (AvgIpc) is 3.46. The van der Waals surface area contributed by atoms with E-state index in [1.807, 2.05) is 40.3 Å². The van der Waals surface area contributed by atoms with Gasteiger partial charge in [-0.1, -0.05) is 52.0 Å². The zero-order chi connectivity index (χ0) is 27.0. The first kappa shape index (κ1) is 30.1. The highest BCUT2D eigenvalue weighted by Gasteiger charge is 2.41. The molecule has 3 rings (SSSR count). The van der Waals surface area contributed by atoms with Gasteiger partial charge >= 0.3 is 0 Å². The first-order valence-electron chi connectivity index (χ1n) is 12.8. The number of amides is 1. The van der Waals surface area contributed by atoms with Crippen LogP contribution in [-0.2, 0) is 9.59 Å². The molecule has 1 aliphatic rings. The molecule has 36 heavy (non-hydrogen) atoms. The van der Waals surface area contributed by atoms with E-state index in [-0.39, 0.29) is 30.0 Å². The van der Waals surface area contributed by atoms with Crippen molar-refractivity contribution in [3.8, 4) is 10.4 Å². The second-order valence-corrected chi connectivity index (χ2v) is 11.6. The number of likely N-dealkylation sites (tertiary alicyclic amines) is 1.